The molecule has 5 heteroatoms. The molecule has 0 saturated heterocycles. The fourth-order valence-corrected chi connectivity index (χ4v) is 2.90. The van der Waals surface area contributed by atoms with Crippen LogP contribution in [0.4, 0.5) is 5.95 Å². The molecule has 19 heavy (non-hydrogen) atoms. The van der Waals surface area contributed by atoms with E-state index in [0.29, 0.717) is 16.1 Å². The Morgan fingerprint density at radius 2 is 2.00 bits per heavy atom. The van der Waals surface area contributed by atoms with Gasteiger partial charge in [0, 0.05) is 23.5 Å². The third-order valence-corrected chi connectivity index (χ3v) is 4.05. The van der Waals surface area contributed by atoms with Crippen molar-refractivity contribution in [1.29, 1.82) is 0 Å². The molecular formula is C14H15Cl2N3. The van der Waals surface area contributed by atoms with Crippen molar-refractivity contribution in [2.24, 2.45) is 0 Å². The van der Waals surface area contributed by atoms with Crippen molar-refractivity contribution in [3.63, 3.8) is 0 Å². The fraction of sp³-hybridized carbons (Fsp3) is 0.357. The van der Waals surface area contributed by atoms with Crippen molar-refractivity contribution in [1.82, 2.24) is 9.55 Å². The van der Waals surface area contributed by atoms with Crippen molar-refractivity contribution in [3.05, 3.63) is 40.6 Å². The summed E-state index contributed by atoms with van der Waals surface area (Å²) in [6.45, 7) is 0. The van der Waals surface area contributed by atoms with E-state index in [4.69, 9.17) is 23.2 Å². The monoisotopic (exact) mass is 295 g/mol. The fourth-order valence-electron chi connectivity index (χ4n) is 2.53. The molecule has 1 N–H and O–H groups in total. The number of rotatable bonds is 3. The predicted octanol–water partition coefficient (Wildman–Crippen LogP) is 4.53. The summed E-state index contributed by atoms with van der Waals surface area (Å²) in [5.41, 5.74) is 0.854. The average molecular weight is 296 g/mol. The molecule has 3 nitrogen and oxygen atoms in total. The highest BCUT2D eigenvalue weighted by atomic mass is 35.5. The number of aromatic nitrogens is 2. The molecule has 1 saturated carbocycles. The lowest BCUT2D eigenvalue weighted by molar-refractivity contribution is 0.740. The highest BCUT2D eigenvalue weighted by Crippen LogP contribution is 2.28. The van der Waals surface area contributed by atoms with Gasteiger partial charge >= 0.3 is 0 Å². The second kappa shape index (κ2) is 5.43. The van der Waals surface area contributed by atoms with E-state index in [0.717, 1.165) is 11.6 Å². The van der Waals surface area contributed by atoms with Gasteiger partial charge in [-0.1, -0.05) is 36.0 Å². The number of nitrogens with zero attached hydrogens (tertiary/aromatic N) is 2. The summed E-state index contributed by atoms with van der Waals surface area (Å²) in [7, 11) is 0. The Labute approximate surface area is 122 Å². The van der Waals surface area contributed by atoms with Crippen molar-refractivity contribution in [2.45, 2.75) is 31.7 Å². The Bertz CT molecular complexity index is 574. The molecule has 0 aliphatic heterocycles. The molecule has 0 unspecified atom stereocenters. The van der Waals surface area contributed by atoms with Crippen LogP contribution in [0.25, 0.3) is 5.69 Å². The number of benzene rings is 1. The minimum Gasteiger partial charge on any atom is -0.353 e. The maximum Gasteiger partial charge on any atom is 0.207 e. The van der Waals surface area contributed by atoms with Gasteiger partial charge in [0.1, 0.15) is 0 Å². The van der Waals surface area contributed by atoms with Gasteiger partial charge in [-0.25, -0.2) is 4.98 Å². The molecule has 2 aromatic rings. The smallest absolute Gasteiger partial charge is 0.207 e. The molecule has 1 fully saturated rings. The van der Waals surface area contributed by atoms with Gasteiger partial charge in [0.25, 0.3) is 0 Å². The van der Waals surface area contributed by atoms with E-state index in [-0.39, 0.29) is 0 Å². The number of imidazole rings is 1. The van der Waals surface area contributed by atoms with Crippen molar-refractivity contribution in [2.75, 3.05) is 5.32 Å². The van der Waals surface area contributed by atoms with Crippen molar-refractivity contribution < 1.29 is 0 Å². The molecule has 3 rings (SSSR count). The molecule has 1 aromatic carbocycles. The number of anilines is 1. The molecule has 1 aromatic heterocycles. The first-order chi connectivity index (χ1) is 9.24. The quantitative estimate of drug-likeness (QED) is 0.901. The molecule has 0 bridgehead atoms. The van der Waals surface area contributed by atoms with Gasteiger partial charge in [-0.15, -0.1) is 0 Å². The second-order valence-electron chi connectivity index (χ2n) is 4.84. The first-order valence-electron chi connectivity index (χ1n) is 6.49. The summed E-state index contributed by atoms with van der Waals surface area (Å²) in [6, 6.07) is 5.96. The zero-order valence-corrected chi connectivity index (χ0v) is 12.0. The Hall–Kier alpha value is -1.19. The van der Waals surface area contributed by atoms with Crippen LogP contribution in [0.3, 0.4) is 0 Å². The number of nitrogens with one attached hydrogen (secondary N) is 1. The van der Waals surface area contributed by atoms with Gasteiger partial charge in [0.05, 0.1) is 10.7 Å². The second-order valence-corrected chi connectivity index (χ2v) is 5.69. The van der Waals surface area contributed by atoms with Gasteiger partial charge < -0.3 is 5.32 Å². The minimum absolute atomic E-state index is 0.513. The summed E-state index contributed by atoms with van der Waals surface area (Å²) in [5, 5.41) is 4.82. The highest BCUT2D eigenvalue weighted by Gasteiger charge is 2.17. The normalized spacial score (nSPS) is 15.9. The van der Waals surface area contributed by atoms with Gasteiger partial charge in [-0.3, -0.25) is 4.57 Å². The summed E-state index contributed by atoms with van der Waals surface area (Å²) in [5.74, 6) is 0.830. The van der Waals surface area contributed by atoms with Gasteiger partial charge in [0.2, 0.25) is 5.95 Å². The lowest BCUT2D eigenvalue weighted by Gasteiger charge is -2.15. The van der Waals surface area contributed by atoms with Crippen LogP contribution in [0.15, 0.2) is 30.6 Å². The van der Waals surface area contributed by atoms with Crippen LogP contribution in [0, 0.1) is 0 Å². The lowest BCUT2D eigenvalue weighted by atomic mass is 10.2. The first-order valence-corrected chi connectivity index (χ1v) is 7.25. The predicted molar refractivity (Wildman–Crippen MR) is 79.5 cm³/mol. The molecule has 1 heterocycles. The van der Waals surface area contributed by atoms with Crippen LogP contribution in [-0.2, 0) is 0 Å². The topological polar surface area (TPSA) is 29.9 Å². The van der Waals surface area contributed by atoms with Crippen LogP contribution >= 0.6 is 23.2 Å². The molecule has 1 aliphatic carbocycles. The lowest BCUT2D eigenvalue weighted by Crippen LogP contribution is -2.17. The zero-order valence-electron chi connectivity index (χ0n) is 10.4. The van der Waals surface area contributed by atoms with Crippen LogP contribution in [-0.4, -0.2) is 15.6 Å². The van der Waals surface area contributed by atoms with Gasteiger partial charge in [-0.2, -0.15) is 0 Å². The molecule has 0 radical (unpaired) electrons. The molecule has 100 valence electrons. The van der Waals surface area contributed by atoms with E-state index >= 15 is 0 Å². The maximum atomic E-state index is 6.24. The van der Waals surface area contributed by atoms with Gasteiger partial charge in [0.15, 0.2) is 0 Å². The molecule has 0 spiro atoms. The molecule has 0 amide bonds. The van der Waals surface area contributed by atoms with E-state index in [2.05, 4.69) is 10.3 Å². The summed E-state index contributed by atoms with van der Waals surface area (Å²) in [6.07, 6.45) is 8.65. The van der Waals surface area contributed by atoms with Crippen molar-refractivity contribution in [3.8, 4) is 5.69 Å². The molecule has 1 aliphatic rings. The standard InChI is InChI=1S/C14H15Cl2N3/c15-10-5-6-12(16)13(9-10)19-8-7-17-14(19)18-11-3-1-2-4-11/h5-9,11H,1-4H2,(H,17,18). The van der Waals surface area contributed by atoms with Crippen LogP contribution < -0.4 is 5.32 Å². The van der Waals surface area contributed by atoms with Crippen LogP contribution in [0.2, 0.25) is 10.0 Å². The summed E-state index contributed by atoms with van der Waals surface area (Å²) < 4.78 is 1.95. The number of hydrogen-bond donors (Lipinski definition) is 1. The Morgan fingerprint density at radius 1 is 1.21 bits per heavy atom. The van der Waals surface area contributed by atoms with E-state index in [9.17, 15) is 0 Å². The summed E-state index contributed by atoms with van der Waals surface area (Å²) >= 11 is 12.3. The number of halogens is 2. The largest absolute Gasteiger partial charge is 0.353 e. The number of hydrogen-bond acceptors (Lipinski definition) is 2. The van der Waals surface area contributed by atoms with E-state index in [1.165, 1.54) is 25.7 Å². The average Bonchev–Trinajstić information content (AvgIpc) is 3.04. The van der Waals surface area contributed by atoms with Crippen LogP contribution in [0.5, 0.6) is 0 Å². The van der Waals surface area contributed by atoms with Crippen molar-refractivity contribution >= 4 is 29.2 Å². The minimum atomic E-state index is 0.513. The molecular weight excluding hydrogens is 281 g/mol. The Morgan fingerprint density at radius 3 is 2.79 bits per heavy atom. The Kier molecular flexibility index (Phi) is 3.67. The summed E-state index contributed by atoms with van der Waals surface area (Å²) in [4.78, 5) is 4.38. The highest BCUT2D eigenvalue weighted by molar-refractivity contribution is 6.34. The van der Waals surface area contributed by atoms with Gasteiger partial charge in [-0.05, 0) is 31.0 Å². The SMILES string of the molecule is Clc1ccc(Cl)c(-n2ccnc2NC2CCCC2)c1. The Balaban J connectivity index is 1.92. The third kappa shape index (κ3) is 2.72. The van der Waals surface area contributed by atoms with E-state index in [1.807, 2.05) is 16.8 Å². The zero-order chi connectivity index (χ0) is 13.2. The third-order valence-electron chi connectivity index (χ3n) is 3.50. The first kappa shape index (κ1) is 12.8. The van der Waals surface area contributed by atoms with E-state index in [1.54, 1.807) is 18.3 Å². The molecule has 0 atom stereocenters. The van der Waals surface area contributed by atoms with E-state index < -0.39 is 0 Å². The van der Waals surface area contributed by atoms with Crippen LogP contribution in [0.1, 0.15) is 25.7 Å². The maximum absolute atomic E-state index is 6.24.